The third kappa shape index (κ3) is 2.71. The normalized spacial score (nSPS) is 9.94. The summed E-state index contributed by atoms with van der Waals surface area (Å²) in [5, 5.41) is 0. The second kappa shape index (κ2) is 5.27. The molecule has 3 nitrogen and oxygen atoms in total. The zero-order chi connectivity index (χ0) is 12.1. The summed E-state index contributed by atoms with van der Waals surface area (Å²) in [6.45, 7) is 0.131. The summed E-state index contributed by atoms with van der Waals surface area (Å²) in [5.41, 5.74) is 6.58. The van der Waals surface area contributed by atoms with Crippen molar-refractivity contribution >= 4 is 5.78 Å². The summed E-state index contributed by atoms with van der Waals surface area (Å²) in [5.74, 6) is 0.669. The number of rotatable bonds is 4. The Morgan fingerprint density at radius 3 is 2.12 bits per heavy atom. The van der Waals surface area contributed by atoms with Gasteiger partial charge in [-0.3, -0.25) is 10.5 Å². The molecule has 0 bridgehead atoms. The van der Waals surface area contributed by atoms with Gasteiger partial charge in [-0.1, -0.05) is 30.3 Å². The molecule has 0 aliphatic rings. The van der Waals surface area contributed by atoms with E-state index in [1.165, 1.54) is 0 Å². The molecule has 2 aromatic carbocycles. The summed E-state index contributed by atoms with van der Waals surface area (Å²) in [6, 6.07) is 16.1. The van der Waals surface area contributed by atoms with Crippen LogP contribution in [0.1, 0.15) is 15.9 Å². The lowest BCUT2D eigenvalue weighted by Gasteiger charge is -2.04. The molecule has 2 rings (SSSR count). The highest BCUT2D eigenvalue weighted by atomic mass is 16.5. The molecule has 0 aromatic heterocycles. The van der Waals surface area contributed by atoms with Gasteiger partial charge in [0.25, 0.3) is 0 Å². The number of hydrogen-bond donors (Lipinski definition) is 1. The quantitative estimate of drug-likeness (QED) is 0.643. The Morgan fingerprint density at radius 1 is 0.941 bits per heavy atom. The van der Waals surface area contributed by atoms with Crippen LogP contribution in [-0.2, 0) is 0 Å². The Bertz CT molecular complexity index is 491. The first-order chi connectivity index (χ1) is 8.31. The molecule has 0 amide bonds. The van der Waals surface area contributed by atoms with E-state index in [0.717, 1.165) is 0 Å². The van der Waals surface area contributed by atoms with Crippen LogP contribution in [0.5, 0.6) is 5.75 Å². The highest BCUT2D eigenvalue weighted by molar-refractivity contribution is 6.08. The van der Waals surface area contributed by atoms with Crippen LogP contribution in [0.15, 0.2) is 54.6 Å². The first-order valence-electron chi connectivity index (χ1n) is 5.34. The van der Waals surface area contributed by atoms with E-state index < -0.39 is 0 Å². The van der Waals surface area contributed by atoms with Crippen molar-refractivity contribution in [2.45, 2.75) is 0 Å². The number of nitrogens with two attached hydrogens (primary N) is 1. The van der Waals surface area contributed by atoms with Crippen molar-refractivity contribution in [3.8, 4) is 5.75 Å². The van der Waals surface area contributed by atoms with Crippen LogP contribution >= 0.6 is 0 Å². The molecule has 17 heavy (non-hydrogen) atoms. The van der Waals surface area contributed by atoms with Gasteiger partial charge in [0.15, 0.2) is 5.78 Å². The predicted octanol–water partition coefficient (Wildman–Crippen LogP) is 2.21. The SMILES string of the molecule is NCOc1ccc(C(=O)c2ccccc2)cc1. The van der Waals surface area contributed by atoms with Crippen LogP contribution in [0.4, 0.5) is 0 Å². The van der Waals surface area contributed by atoms with Gasteiger partial charge in [-0.2, -0.15) is 0 Å². The molecule has 2 N–H and O–H groups in total. The van der Waals surface area contributed by atoms with Crippen LogP contribution in [0.2, 0.25) is 0 Å². The van der Waals surface area contributed by atoms with Crippen LogP contribution < -0.4 is 10.5 Å². The Hall–Kier alpha value is -2.13. The van der Waals surface area contributed by atoms with Crippen molar-refractivity contribution in [1.82, 2.24) is 0 Å². The summed E-state index contributed by atoms with van der Waals surface area (Å²) >= 11 is 0. The van der Waals surface area contributed by atoms with Crippen molar-refractivity contribution in [3.63, 3.8) is 0 Å². The van der Waals surface area contributed by atoms with Gasteiger partial charge in [0.1, 0.15) is 12.5 Å². The monoisotopic (exact) mass is 227 g/mol. The lowest BCUT2D eigenvalue weighted by molar-refractivity contribution is 0.103. The summed E-state index contributed by atoms with van der Waals surface area (Å²) < 4.78 is 5.11. The van der Waals surface area contributed by atoms with Gasteiger partial charge in [0.05, 0.1) is 0 Å². The number of ether oxygens (including phenoxy) is 1. The minimum atomic E-state index is 0.00454. The fraction of sp³-hybridized carbons (Fsp3) is 0.0714. The maximum atomic E-state index is 12.0. The molecule has 0 aliphatic heterocycles. The van der Waals surface area contributed by atoms with E-state index in [4.69, 9.17) is 10.5 Å². The molecule has 0 saturated carbocycles. The highest BCUT2D eigenvalue weighted by Crippen LogP contribution is 2.15. The van der Waals surface area contributed by atoms with E-state index in [-0.39, 0.29) is 12.5 Å². The Morgan fingerprint density at radius 2 is 1.53 bits per heavy atom. The largest absolute Gasteiger partial charge is 0.479 e. The molecule has 0 atom stereocenters. The number of carbonyl (C=O) groups is 1. The zero-order valence-electron chi connectivity index (χ0n) is 9.30. The molecule has 86 valence electrons. The molecule has 0 aliphatic carbocycles. The summed E-state index contributed by atoms with van der Waals surface area (Å²) in [7, 11) is 0. The number of hydrogen-bond acceptors (Lipinski definition) is 3. The van der Waals surface area contributed by atoms with E-state index >= 15 is 0 Å². The van der Waals surface area contributed by atoms with Crippen LogP contribution in [0.3, 0.4) is 0 Å². The number of ketones is 1. The van der Waals surface area contributed by atoms with Gasteiger partial charge < -0.3 is 4.74 Å². The third-order valence-corrected chi connectivity index (χ3v) is 2.40. The van der Waals surface area contributed by atoms with Gasteiger partial charge >= 0.3 is 0 Å². The van der Waals surface area contributed by atoms with Crippen LogP contribution in [0.25, 0.3) is 0 Å². The molecule has 0 fully saturated rings. The summed E-state index contributed by atoms with van der Waals surface area (Å²) in [6.07, 6.45) is 0. The first kappa shape index (κ1) is 11.4. The van der Waals surface area contributed by atoms with E-state index in [1.807, 2.05) is 18.2 Å². The lowest BCUT2D eigenvalue weighted by Crippen LogP contribution is -2.07. The number of carbonyl (C=O) groups excluding carboxylic acids is 1. The molecule has 0 radical (unpaired) electrons. The molecular formula is C14H13NO2. The average Bonchev–Trinajstić information content (AvgIpc) is 2.40. The summed E-state index contributed by atoms with van der Waals surface area (Å²) in [4.78, 5) is 12.0. The minimum absolute atomic E-state index is 0.00454. The second-order valence-electron chi connectivity index (χ2n) is 3.53. The third-order valence-electron chi connectivity index (χ3n) is 2.40. The van der Waals surface area contributed by atoms with Crippen molar-refractivity contribution < 1.29 is 9.53 Å². The molecule has 2 aromatic rings. The molecule has 0 saturated heterocycles. The standard InChI is InChI=1S/C14H13NO2/c15-10-17-13-8-6-12(7-9-13)14(16)11-4-2-1-3-5-11/h1-9H,10,15H2. The maximum absolute atomic E-state index is 12.0. The first-order valence-corrected chi connectivity index (χ1v) is 5.34. The molecule has 0 unspecified atom stereocenters. The smallest absolute Gasteiger partial charge is 0.193 e. The lowest BCUT2D eigenvalue weighted by atomic mass is 10.0. The Labute approximate surface area is 99.8 Å². The van der Waals surface area contributed by atoms with E-state index in [9.17, 15) is 4.79 Å². The van der Waals surface area contributed by atoms with E-state index in [1.54, 1.807) is 36.4 Å². The van der Waals surface area contributed by atoms with Crippen molar-refractivity contribution in [2.75, 3.05) is 6.73 Å². The fourth-order valence-corrected chi connectivity index (χ4v) is 1.55. The van der Waals surface area contributed by atoms with Gasteiger partial charge in [-0.25, -0.2) is 0 Å². The number of benzene rings is 2. The second-order valence-corrected chi connectivity index (χ2v) is 3.53. The Balaban J connectivity index is 2.20. The van der Waals surface area contributed by atoms with Gasteiger partial charge in [-0.05, 0) is 24.3 Å². The van der Waals surface area contributed by atoms with E-state index in [2.05, 4.69) is 0 Å². The topological polar surface area (TPSA) is 52.3 Å². The molecular weight excluding hydrogens is 214 g/mol. The molecule has 0 spiro atoms. The molecule has 0 heterocycles. The van der Waals surface area contributed by atoms with Crippen molar-refractivity contribution in [1.29, 1.82) is 0 Å². The van der Waals surface area contributed by atoms with Gasteiger partial charge in [-0.15, -0.1) is 0 Å². The molecule has 3 heteroatoms. The maximum Gasteiger partial charge on any atom is 0.193 e. The zero-order valence-corrected chi connectivity index (χ0v) is 9.30. The predicted molar refractivity (Wildman–Crippen MR) is 66.0 cm³/mol. The fourth-order valence-electron chi connectivity index (χ4n) is 1.55. The average molecular weight is 227 g/mol. The van der Waals surface area contributed by atoms with Crippen LogP contribution in [-0.4, -0.2) is 12.5 Å². The van der Waals surface area contributed by atoms with Gasteiger partial charge in [0.2, 0.25) is 0 Å². The van der Waals surface area contributed by atoms with Gasteiger partial charge in [0, 0.05) is 11.1 Å². The van der Waals surface area contributed by atoms with Crippen molar-refractivity contribution in [3.05, 3.63) is 65.7 Å². The minimum Gasteiger partial charge on any atom is -0.479 e. The highest BCUT2D eigenvalue weighted by Gasteiger charge is 2.07. The van der Waals surface area contributed by atoms with Crippen molar-refractivity contribution in [2.24, 2.45) is 5.73 Å². The van der Waals surface area contributed by atoms with Crippen LogP contribution in [0, 0.1) is 0 Å². The Kier molecular flexibility index (Phi) is 3.52. The van der Waals surface area contributed by atoms with E-state index in [0.29, 0.717) is 16.9 Å².